The number of ether oxygens (including phenoxy) is 3. The van der Waals surface area contributed by atoms with E-state index < -0.39 is 0 Å². The van der Waals surface area contributed by atoms with Crippen molar-refractivity contribution in [2.24, 2.45) is 0 Å². The fourth-order valence-electron chi connectivity index (χ4n) is 3.33. The highest BCUT2D eigenvalue weighted by molar-refractivity contribution is 5.77. The second-order valence-corrected chi connectivity index (χ2v) is 7.13. The molecule has 1 unspecified atom stereocenters. The molecule has 1 aliphatic heterocycles. The maximum atomic E-state index is 11.6. The normalized spacial score (nSPS) is 16.9. The van der Waals surface area contributed by atoms with Crippen LogP contribution in [-0.2, 0) is 16.0 Å². The molecular formula is C23H29NO4. The van der Waals surface area contributed by atoms with Crippen molar-refractivity contribution in [3.63, 3.8) is 0 Å². The number of likely N-dealkylation sites (N-methyl/N-ethyl adjacent to an activating group) is 1. The molecule has 1 fully saturated rings. The predicted octanol–water partition coefficient (Wildman–Crippen LogP) is 4.02. The Morgan fingerprint density at radius 2 is 1.89 bits per heavy atom. The van der Waals surface area contributed by atoms with E-state index in [9.17, 15) is 4.79 Å². The molecule has 1 amide bonds. The van der Waals surface area contributed by atoms with Gasteiger partial charge in [0.05, 0.1) is 20.3 Å². The van der Waals surface area contributed by atoms with Gasteiger partial charge in [0.2, 0.25) is 5.91 Å². The molecule has 0 radical (unpaired) electrons. The van der Waals surface area contributed by atoms with Gasteiger partial charge in [0.15, 0.2) is 11.5 Å². The minimum absolute atomic E-state index is 0.0109. The molecule has 0 spiro atoms. The summed E-state index contributed by atoms with van der Waals surface area (Å²) in [6, 6.07) is 16.4. The molecule has 1 heterocycles. The second kappa shape index (κ2) is 10.1. The van der Waals surface area contributed by atoms with Gasteiger partial charge in [-0.05, 0) is 48.9 Å². The first-order chi connectivity index (χ1) is 13.7. The summed E-state index contributed by atoms with van der Waals surface area (Å²) < 4.78 is 17.1. The number of nitrogens with zero attached hydrogens (tertiary/aromatic N) is 1. The average Bonchev–Trinajstić information content (AvgIpc) is 2.73. The van der Waals surface area contributed by atoms with Gasteiger partial charge in [0, 0.05) is 7.05 Å². The summed E-state index contributed by atoms with van der Waals surface area (Å²) in [4.78, 5) is 13.3. The van der Waals surface area contributed by atoms with Gasteiger partial charge in [-0.25, -0.2) is 0 Å². The lowest BCUT2D eigenvalue weighted by atomic mass is 10.1. The van der Waals surface area contributed by atoms with Crippen LogP contribution in [0.1, 0.15) is 36.5 Å². The van der Waals surface area contributed by atoms with Crippen LogP contribution in [0.25, 0.3) is 0 Å². The number of hydrogen-bond donors (Lipinski definition) is 0. The Morgan fingerprint density at radius 1 is 1.07 bits per heavy atom. The second-order valence-electron chi connectivity index (χ2n) is 7.13. The predicted molar refractivity (Wildman–Crippen MR) is 109 cm³/mol. The zero-order chi connectivity index (χ0) is 19.8. The van der Waals surface area contributed by atoms with Crippen LogP contribution in [0.15, 0.2) is 48.5 Å². The molecule has 150 valence electrons. The number of carbonyl (C=O) groups is 1. The fraction of sp³-hybridized carbons (Fsp3) is 0.435. The van der Waals surface area contributed by atoms with E-state index in [1.165, 1.54) is 5.56 Å². The minimum atomic E-state index is -0.137. The third-order valence-electron chi connectivity index (χ3n) is 5.04. The highest BCUT2D eigenvalue weighted by atomic mass is 16.5. The highest BCUT2D eigenvalue weighted by Gasteiger charge is 2.25. The van der Waals surface area contributed by atoms with Crippen molar-refractivity contribution in [1.29, 1.82) is 0 Å². The molecule has 1 atom stereocenters. The fourth-order valence-corrected chi connectivity index (χ4v) is 3.33. The number of hydrogen-bond acceptors (Lipinski definition) is 4. The van der Waals surface area contributed by atoms with Gasteiger partial charge in [0.25, 0.3) is 0 Å². The Kier molecular flexibility index (Phi) is 7.31. The van der Waals surface area contributed by atoms with Gasteiger partial charge in [-0.2, -0.15) is 0 Å². The molecule has 2 aromatic carbocycles. The third-order valence-corrected chi connectivity index (χ3v) is 5.04. The van der Waals surface area contributed by atoms with Crippen molar-refractivity contribution < 1.29 is 19.0 Å². The largest absolute Gasteiger partial charge is 0.493 e. The highest BCUT2D eigenvalue weighted by Crippen LogP contribution is 2.32. The van der Waals surface area contributed by atoms with Crippen molar-refractivity contribution in [1.82, 2.24) is 4.90 Å². The number of methoxy groups -OCH3 is 1. The standard InChI is InChI=1S/C23H29NO4/c1-24-16-22(28-17-23(24)25)19-12-13-20(26-2)21(15-19)27-14-8-4-7-11-18-9-5-3-6-10-18/h3,5-6,9-10,12-13,15,22H,4,7-8,11,14,16-17H2,1-2H3. The summed E-state index contributed by atoms with van der Waals surface area (Å²) in [5, 5.41) is 0. The molecule has 5 heteroatoms. The molecule has 0 aromatic heterocycles. The molecule has 5 nitrogen and oxygen atoms in total. The Balaban J connectivity index is 1.49. The van der Waals surface area contributed by atoms with Crippen LogP contribution >= 0.6 is 0 Å². The van der Waals surface area contributed by atoms with Crippen molar-refractivity contribution >= 4 is 5.91 Å². The van der Waals surface area contributed by atoms with Crippen molar-refractivity contribution in [2.75, 3.05) is 33.9 Å². The van der Waals surface area contributed by atoms with Crippen LogP contribution < -0.4 is 9.47 Å². The molecule has 1 saturated heterocycles. The molecule has 28 heavy (non-hydrogen) atoms. The minimum Gasteiger partial charge on any atom is -0.493 e. The Bertz CT molecular complexity index is 762. The van der Waals surface area contributed by atoms with E-state index in [1.807, 2.05) is 24.3 Å². The summed E-state index contributed by atoms with van der Waals surface area (Å²) in [6.45, 7) is 1.31. The van der Waals surface area contributed by atoms with Crippen LogP contribution in [0.2, 0.25) is 0 Å². The van der Waals surface area contributed by atoms with Crippen LogP contribution in [0.5, 0.6) is 11.5 Å². The van der Waals surface area contributed by atoms with Crippen molar-refractivity contribution in [3.05, 3.63) is 59.7 Å². The number of carbonyl (C=O) groups excluding carboxylic acids is 1. The van der Waals surface area contributed by atoms with Gasteiger partial charge in [0.1, 0.15) is 12.7 Å². The summed E-state index contributed by atoms with van der Waals surface area (Å²) >= 11 is 0. The Hall–Kier alpha value is -2.53. The Morgan fingerprint density at radius 3 is 2.64 bits per heavy atom. The van der Waals surface area contributed by atoms with Crippen LogP contribution in [0.4, 0.5) is 0 Å². The number of aryl methyl sites for hydroxylation is 1. The van der Waals surface area contributed by atoms with E-state index in [0.29, 0.717) is 18.9 Å². The zero-order valence-electron chi connectivity index (χ0n) is 16.7. The van der Waals surface area contributed by atoms with Gasteiger partial charge in [-0.3, -0.25) is 4.79 Å². The molecule has 0 N–H and O–H groups in total. The average molecular weight is 383 g/mol. The van der Waals surface area contributed by atoms with Crippen LogP contribution in [0.3, 0.4) is 0 Å². The molecule has 2 aromatic rings. The quantitative estimate of drug-likeness (QED) is 0.614. The van der Waals surface area contributed by atoms with E-state index in [1.54, 1.807) is 19.1 Å². The first kappa shape index (κ1) is 20.2. The maximum absolute atomic E-state index is 11.6. The molecule has 0 saturated carbocycles. The number of unbranched alkanes of at least 4 members (excludes halogenated alkanes) is 2. The molecule has 0 bridgehead atoms. The molecule has 3 rings (SSSR count). The van der Waals surface area contributed by atoms with Gasteiger partial charge in [-0.15, -0.1) is 0 Å². The summed E-state index contributed by atoms with van der Waals surface area (Å²) in [5.41, 5.74) is 2.38. The SMILES string of the molecule is COc1ccc(C2CN(C)C(=O)CO2)cc1OCCCCCc1ccccc1. The van der Waals surface area contributed by atoms with Crippen molar-refractivity contribution in [3.8, 4) is 11.5 Å². The van der Waals surface area contributed by atoms with E-state index in [2.05, 4.69) is 24.3 Å². The first-order valence-electron chi connectivity index (χ1n) is 9.87. The number of amides is 1. The van der Waals surface area contributed by atoms with E-state index in [0.717, 1.165) is 37.0 Å². The lowest BCUT2D eigenvalue weighted by Crippen LogP contribution is -2.40. The Labute approximate surface area is 167 Å². The molecular weight excluding hydrogens is 354 g/mol. The topological polar surface area (TPSA) is 48.0 Å². The first-order valence-corrected chi connectivity index (χ1v) is 9.87. The van der Waals surface area contributed by atoms with Gasteiger partial charge in [-0.1, -0.05) is 36.4 Å². The van der Waals surface area contributed by atoms with Crippen LogP contribution in [-0.4, -0.2) is 44.7 Å². The molecule has 1 aliphatic rings. The van der Waals surface area contributed by atoms with E-state index in [4.69, 9.17) is 14.2 Å². The van der Waals surface area contributed by atoms with Gasteiger partial charge < -0.3 is 19.1 Å². The van der Waals surface area contributed by atoms with Crippen molar-refractivity contribution in [2.45, 2.75) is 31.8 Å². The summed E-state index contributed by atoms with van der Waals surface area (Å²) in [7, 11) is 3.44. The van der Waals surface area contributed by atoms with Gasteiger partial charge >= 0.3 is 0 Å². The molecule has 0 aliphatic carbocycles. The van der Waals surface area contributed by atoms with E-state index in [-0.39, 0.29) is 18.6 Å². The lowest BCUT2D eigenvalue weighted by Gasteiger charge is -2.30. The smallest absolute Gasteiger partial charge is 0.248 e. The summed E-state index contributed by atoms with van der Waals surface area (Å²) in [6.07, 6.45) is 4.24. The summed E-state index contributed by atoms with van der Waals surface area (Å²) in [5.74, 6) is 1.45. The third kappa shape index (κ3) is 5.49. The lowest BCUT2D eigenvalue weighted by molar-refractivity contribution is -0.147. The number of benzene rings is 2. The maximum Gasteiger partial charge on any atom is 0.248 e. The zero-order valence-corrected chi connectivity index (χ0v) is 16.7. The van der Waals surface area contributed by atoms with E-state index >= 15 is 0 Å². The number of rotatable bonds is 9. The number of morpholine rings is 1. The monoisotopic (exact) mass is 383 g/mol. The van der Waals surface area contributed by atoms with Crippen LogP contribution in [0, 0.1) is 0 Å².